The molecule has 0 aromatic rings. The molecule has 0 heterocycles. The fourth-order valence-electron chi connectivity index (χ4n) is 2.31. The summed E-state index contributed by atoms with van der Waals surface area (Å²) in [5.74, 6) is -0.902. The van der Waals surface area contributed by atoms with Crippen molar-refractivity contribution in [3.05, 3.63) is 0 Å². The highest BCUT2D eigenvalue weighted by Gasteiger charge is 2.41. The van der Waals surface area contributed by atoms with E-state index in [0.717, 1.165) is 12.8 Å². The van der Waals surface area contributed by atoms with E-state index in [2.05, 4.69) is 5.32 Å². The van der Waals surface area contributed by atoms with Gasteiger partial charge in [0.2, 0.25) is 5.91 Å². The van der Waals surface area contributed by atoms with E-state index in [-0.39, 0.29) is 18.0 Å². The smallest absolute Gasteiger partial charge is 0.311 e. The van der Waals surface area contributed by atoms with Gasteiger partial charge in [0.15, 0.2) is 0 Å². The standard InChI is InChI=1S/C13H24N2O3/c1-12(2,14)8-5-10(16)15-9-13(11(17)18)6-3-4-7-13/h3-9,14H2,1-2H3,(H,15,16)(H,17,18). The van der Waals surface area contributed by atoms with Gasteiger partial charge in [-0.15, -0.1) is 0 Å². The van der Waals surface area contributed by atoms with Crippen molar-refractivity contribution >= 4 is 11.9 Å². The van der Waals surface area contributed by atoms with E-state index in [9.17, 15) is 14.7 Å². The fourth-order valence-corrected chi connectivity index (χ4v) is 2.31. The number of carboxylic acids is 1. The van der Waals surface area contributed by atoms with Crippen molar-refractivity contribution in [3.8, 4) is 0 Å². The Morgan fingerprint density at radius 1 is 1.33 bits per heavy atom. The Bertz CT molecular complexity index is 315. The van der Waals surface area contributed by atoms with E-state index >= 15 is 0 Å². The molecule has 0 aliphatic heterocycles. The molecule has 1 fully saturated rings. The number of nitrogens with two attached hydrogens (primary N) is 1. The average Bonchev–Trinajstić information content (AvgIpc) is 2.72. The first-order valence-electron chi connectivity index (χ1n) is 6.54. The second-order valence-corrected chi connectivity index (χ2v) is 6.06. The van der Waals surface area contributed by atoms with Gasteiger partial charge in [0.05, 0.1) is 5.41 Å². The molecule has 0 radical (unpaired) electrons. The minimum absolute atomic E-state index is 0.110. The van der Waals surface area contributed by atoms with Gasteiger partial charge < -0.3 is 16.2 Å². The van der Waals surface area contributed by atoms with Crippen LogP contribution in [0.25, 0.3) is 0 Å². The van der Waals surface area contributed by atoms with Crippen molar-refractivity contribution in [1.82, 2.24) is 5.32 Å². The summed E-state index contributed by atoms with van der Waals surface area (Å²) >= 11 is 0. The Kier molecular flexibility index (Phi) is 4.73. The zero-order valence-corrected chi connectivity index (χ0v) is 11.3. The minimum Gasteiger partial charge on any atom is -0.481 e. The number of carboxylic acid groups (broad SMARTS) is 1. The molecule has 0 aromatic heterocycles. The van der Waals surface area contributed by atoms with Crippen molar-refractivity contribution in [2.45, 2.75) is 57.9 Å². The molecule has 18 heavy (non-hydrogen) atoms. The van der Waals surface area contributed by atoms with Crippen LogP contribution in [0, 0.1) is 5.41 Å². The summed E-state index contributed by atoms with van der Waals surface area (Å²) in [6.07, 6.45) is 4.12. The van der Waals surface area contributed by atoms with Gasteiger partial charge in [-0.1, -0.05) is 12.8 Å². The van der Waals surface area contributed by atoms with Crippen LogP contribution in [-0.2, 0) is 9.59 Å². The lowest BCUT2D eigenvalue weighted by atomic mass is 9.86. The molecule has 1 saturated carbocycles. The van der Waals surface area contributed by atoms with Crippen molar-refractivity contribution in [2.75, 3.05) is 6.54 Å². The van der Waals surface area contributed by atoms with Crippen LogP contribution in [0.1, 0.15) is 52.4 Å². The van der Waals surface area contributed by atoms with Gasteiger partial charge >= 0.3 is 5.97 Å². The van der Waals surface area contributed by atoms with Crippen molar-refractivity contribution in [1.29, 1.82) is 0 Å². The molecule has 1 aliphatic rings. The zero-order valence-electron chi connectivity index (χ0n) is 11.3. The normalized spacial score (nSPS) is 18.6. The summed E-state index contributed by atoms with van der Waals surface area (Å²) in [5, 5.41) is 12.0. The summed E-state index contributed by atoms with van der Waals surface area (Å²) < 4.78 is 0. The van der Waals surface area contributed by atoms with Gasteiger partial charge in [-0.3, -0.25) is 9.59 Å². The van der Waals surface area contributed by atoms with E-state index in [1.807, 2.05) is 13.8 Å². The topological polar surface area (TPSA) is 92.4 Å². The zero-order chi connectivity index (χ0) is 13.8. The van der Waals surface area contributed by atoms with Crippen molar-refractivity contribution in [2.24, 2.45) is 11.1 Å². The molecule has 0 atom stereocenters. The van der Waals surface area contributed by atoms with Crippen molar-refractivity contribution in [3.63, 3.8) is 0 Å². The molecule has 0 spiro atoms. The second-order valence-electron chi connectivity index (χ2n) is 6.06. The molecule has 1 rings (SSSR count). The lowest BCUT2D eigenvalue weighted by Gasteiger charge is -2.24. The summed E-state index contributed by atoms with van der Waals surface area (Å²) in [6, 6.07) is 0. The van der Waals surface area contributed by atoms with E-state index in [1.54, 1.807) is 0 Å². The Hall–Kier alpha value is -1.10. The molecule has 0 unspecified atom stereocenters. The molecular weight excluding hydrogens is 232 g/mol. The van der Waals surface area contributed by atoms with Gasteiger partial charge in [-0.2, -0.15) is 0 Å². The van der Waals surface area contributed by atoms with Crippen LogP contribution in [0.5, 0.6) is 0 Å². The fraction of sp³-hybridized carbons (Fsp3) is 0.846. The maximum atomic E-state index is 11.7. The highest BCUT2D eigenvalue weighted by atomic mass is 16.4. The lowest BCUT2D eigenvalue weighted by Crippen LogP contribution is -2.42. The first kappa shape index (κ1) is 15.0. The first-order chi connectivity index (χ1) is 8.25. The van der Waals surface area contributed by atoms with Crippen LogP contribution in [-0.4, -0.2) is 29.1 Å². The highest BCUT2D eigenvalue weighted by molar-refractivity contribution is 5.79. The van der Waals surface area contributed by atoms with Crippen LogP contribution in [0.4, 0.5) is 0 Å². The third-order valence-corrected chi connectivity index (χ3v) is 3.63. The number of hydrogen-bond donors (Lipinski definition) is 3. The predicted molar refractivity (Wildman–Crippen MR) is 69.0 cm³/mol. The SMILES string of the molecule is CC(C)(N)CCC(=O)NCC1(C(=O)O)CCCC1. The predicted octanol–water partition coefficient (Wildman–Crippen LogP) is 1.27. The average molecular weight is 256 g/mol. The van der Waals surface area contributed by atoms with E-state index < -0.39 is 11.4 Å². The number of hydrogen-bond acceptors (Lipinski definition) is 3. The van der Waals surface area contributed by atoms with Crippen LogP contribution in [0.2, 0.25) is 0 Å². The lowest BCUT2D eigenvalue weighted by molar-refractivity contribution is -0.148. The van der Waals surface area contributed by atoms with Crippen LogP contribution in [0.15, 0.2) is 0 Å². The van der Waals surface area contributed by atoms with Gasteiger partial charge in [0, 0.05) is 18.5 Å². The minimum atomic E-state index is -0.792. The van der Waals surface area contributed by atoms with Crippen LogP contribution >= 0.6 is 0 Å². The Labute approximate surface area is 108 Å². The van der Waals surface area contributed by atoms with Crippen molar-refractivity contribution < 1.29 is 14.7 Å². The molecule has 104 valence electrons. The number of rotatable bonds is 6. The number of aliphatic carboxylic acids is 1. The van der Waals surface area contributed by atoms with Crippen LogP contribution in [0.3, 0.4) is 0 Å². The van der Waals surface area contributed by atoms with Crippen LogP contribution < -0.4 is 11.1 Å². The molecule has 5 nitrogen and oxygen atoms in total. The van der Waals surface area contributed by atoms with E-state index in [4.69, 9.17) is 5.73 Å². The highest BCUT2D eigenvalue weighted by Crippen LogP contribution is 2.37. The quantitative estimate of drug-likeness (QED) is 0.667. The molecule has 0 aromatic carbocycles. The van der Waals surface area contributed by atoms with Gasteiger partial charge in [-0.05, 0) is 33.1 Å². The van der Waals surface area contributed by atoms with Gasteiger partial charge in [-0.25, -0.2) is 0 Å². The second kappa shape index (κ2) is 5.69. The van der Waals surface area contributed by atoms with Gasteiger partial charge in [0.25, 0.3) is 0 Å². The summed E-state index contributed by atoms with van der Waals surface area (Å²) in [5.41, 5.74) is 4.69. The Balaban J connectivity index is 2.39. The maximum absolute atomic E-state index is 11.7. The number of amides is 1. The molecule has 5 heteroatoms. The first-order valence-corrected chi connectivity index (χ1v) is 6.54. The molecule has 0 bridgehead atoms. The number of nitrogens with one attached hydrogen (secondary N) is 1. The number of carbonyl (C=O) groups is 2. The monoisotopic (exact) mass is 256 g/mol. The van der Waals surface area contributed by atoms with E-state index in [1.165, 1.54) is 0 Å². The molecule has 1 amide bonds. The molecule has 1 aliphatic carbocycles. The summed E-state index contributed by atoms with van der Waals surface area (Å²) in [7, 11) is 0. The Morgan fingerprint density at radius 2 is 1.89 bits per heavy atom. The maximum Gasteiger partial charge on any atom is 0.311 e. The van der Waals surface area contributed by atoms with Gasteiger partial charge in [0.1, 0.15) is 0 Å². The summed E-state index contributed by atoms with van der Waals surface area (Å²) in [4.78, 5) is 22.9. The number of carbonyl (C=O) groups excluding carboxylic acids is 1. The molecular formula is C13H24N2O3. The largest absolute Gasteiger partial charge is 0.481 e. The summed E-state index contributed by atoms with van der Waals surface area (Å²) in [6.45, 7) is 3.98. The third kappa shape index (κ3) is 4.29. The van der Waals surface area contributed by atoms with E-state index in [0.29, 0.717) is 25.7 Å². The Morgan fingerprint density at radius 3 is 2.33 bits per heavy atom. The third-order valence-electron chi connectivity index (χ3n) is 3.63. The molecule has 0 saturated heterocycles. The molecule has 4 N–H and O–H groups in total.